The Morgan fingerprint density at radius 3 is 0.916 bits per heavy atom. The van der Waals surface area contributed by atoms with E-state index in [1.165, 1.54) is 353 Å². The first-order valence-electron chi connectivity index (χ1n) is 38.1. The molecule has 0 aromatic heterocycles. The van der Waals surface area contributed by atoms with Crippen LogP contribution in [0.3, 0.4) is 0 Å². The topological polar surface area (TPSA) is 95.9 Å². The molecule has 3 N–H and O–H groups in total. The maximum absolute atomic E-state index is 12.6. The SMILES string of the molecule is CCCCCCCCCCCCCCCCCCCCCCCCCCC(O)C(CO)NC(=O)CCCCCCCCCCC/C=C\C/C=C\CCCCCCCCCCCOC(=O)CCCCCCCCCCCCCCCCCCC. The Hall–Kier alpha value is -1.66. The van der Waals surface area contributed by atoms with Crippen molar-refractivity contribution in [3.05, 3.63) is 24.3 Å². The predicted molar refractivity (Wildman–Crippen MR) is 366 cm³/mol. The molecule has 6 heteroatoms. The number of unbranched alkanes of at least 4 members (excludes halogenated alkanes) is 57. The molecule has 0 aliphatic heterocycles. The van der Waals surface area contributed by atoms with Crippen molar-refractivity contribution in [1.29, 1.82) is 0 Å². The molecular formula is C77H149NO5. The van der Waals surface area contributed by atoms with Crippen molar-refractivity contribution in [1.82, 2.24) is 5.32 Å². The van der Waals surface area contributed by atoms with Gasteiger partial charge in [0.2, 0.25) is 5.91 Å². The average molecular weight is 1170 g/mol. The summed E-state index contributed by atoms with van der Waals surface area (Å²) in [7, 11) is 0. The van der Waals surface area contributed by atoms with Gasteiger partial charge in [0.25, 0.3) is 0 Å². The zero-order valence-corrected chi connectivity index (χ0v) is 56.5. The van der Waals surface area contributed by atoms with Crippen molar-refractivity contribution in [2.75, 3.05) is 13.2 Å². The van der Waals surface area contributed by atoms with E-state index in [0.29, 0.717) is 25.9 Å². The van der Waals surface area contributed by atoms with E-state index in [0.717, 1.165) is 44.9 Å². The average Bonchev–Trinajstić information content (AvgIpc) is 3.49. The summed E-state index contributed by atoms with van der Waals surface area (Å²) in [4.78, 5) is 24.7. The fourth-order valence-corrected chi connectivity index (χ4v) is 12.2. The molecule has 0 saturated carbocycles. The summed E-state index contributed by atoms with van der Waals surface area (Å²) < 4.78 is 5.50. The van der Waals surface area contributed by atoms with Gasteiger partial charge in [-0.15, -0.1) is 0 Å². The van der Waals surface area contributed by atoms with Gasteiger partial charge in [-0.2, -0.15) is 0 Å². The molecule has 0 aromatic carbocycles. The molecule has 0 heterocycles. The molecule has 0 fully saturated rings. The van der Waals surface area contributed by atoms with E-state index in [4.69, 9.17) is 4.74 Å². The Bertz CT molecular complexity index is 1300. The molecule has 0 bridgehead atoms. The van der Waals surface area contributed by atoms with Gasteiger partial charge in [0.1, 0.15) is 0 Å². The Kier molecular flexibility index (Phi) is 71.4. The van der Waals surface area contributed by atoms with E-state index < -0.39 is 12.1 Å². The fourth-order valence-electron chi connectivity index (χ4n) is 12.2. The number of ether oxygens (including phenoxy) is 1. The Balaban J connectivity index is 3.41. The van der Waals surface area contributed by atoms with Crippen LogP contribution in [0.4, 0.5) is 0 Å². The molecule has 0 radical (unpaired) electrons. The van der Waals surface area contributed by atoms with Gasteiger partial charge in [0.05, 0.1) is 25.4 Å². The maximum Gasteiger partial charge on any atom is 0.305 e. The Morgan fingerprint density at radius 2 is 0.602 bits per heavy atom. The smallest absolute Gasteiger partial charge is 0.305 e. The molecule has 0 saturated heterocycles. The van der Waals surface area contributed by atoms with E-state index in [1.807, 2.05) is 0 Å². The van der Waals surface area contributed by atoms with Crippen molar-refractivity contribution in [3.8, 4) is 0 Å². The molecule has 0 aliphatic rings. The highest BCUT2D eigenvalue weighted by Crippen LogP contribution is 2.20. The summed E-state index contributed by atoms with van der Waals surface area (Å²) in [6.45, 7) is 5.00. The number of amides is 1. The molecule has 492 valence electrons. The molecule has 0 rings (SSSR count). The van der Waals surface area contributed by atoms with Crippen molar-refractivity contribution in [2.45, 2.75) is 443 Å². The lowest BCUT2D eigenvalue weighted by molar-refractivity contribution is -0.143. The number of hydrogen-bond donors (Lipinski definition) is 3. The van der Waals surface area contributed by atoms with Gasteiger partial charge in [0.15, 0.2) is 0 Å². The second-order valence-electron chi connectivity index (χ2n) is 26.3. The normalized spacial score (nSPS) is 12.6. The lowest BCUT2D eigenvalue weighted by Crippen LogP contribution is -2.45. The summed E-state index contributed by atoms with van der Waals surface area (Å²) >= 11 is 0. The second-order valence-corrected chi connectivity index (χ2v) is 26.3. The van der Waals surface area contributed by atoms with Gasteiger partial charge in [0, 0.05) is 12.8 Å². The van der Waals surface area contributed by atoms with Gasteiger partial charge < -0.3 is 20.3 Å². The molecule has 1 amide bonds. The van der Waals surface area contributed by atoms with Crippen LogP contribution in [0.2, 0.25) is 0 Å². The van der Waals surface area contributed by atoms with Crippen molar-refractivity contribution < 1.29 is 24.5 Å². The highest BCUT2D eigenvalue weighted by molar-refractivity contribution is 5.76. The molecular weight excluding hydrogens is 1020 g/mol. The zero-order chi connectivity index (χ0) is 59.9. The number of carbonyl (C=O) groups excluding carboxylic acids is 2. The van der Waals surface area contributed by atoms with E-state index in [1.54, 1.807) is 0 Å². The number of carbonyl (C=O) groups is 2. The number of hydrogen-bond acceptors (Lipinski definition) is 5. The summed E-state index contributed by atoms with van der Waals surface area (Å²) in [5.41, 5.74) is 0. The number of allylic oxidation sites excluding steroid dienone is 4. The number of aliphatic hydroxyl groups is 2. The third-order valence-electron chi connectivity index (χ3n) is 18.0. The summed E-state index contributed by atoms with van der Waals surface area (Å²) in [6, 6.07) is -0.548. The van der Waals surface area contributed by atoms with E-state index in [2.05, 4.69) is 43.5 Å². The minimum Gasteiger partial charge on any atom is -0.466 e. The number of rotatable bonds is 72. The predicted octanol–water partition coefficient (Wildman–Crippen LogP) is 24.9. The van der Waals surface area contributed by atoms with Crippen molar-refractivity contribution >= 4 is 11.9 Å². The van der Waals surface area contributed by atoms with E-state index in [-0.39, 0.29) is 18.5 Å². The second kappa shape index (κ2) is 72.8. The van der Waals surface area contributed by atoms with Crippen LogP contribution in [-0.2, 0) is 14.3 Å². The third-order valence-corrected chi connectivity index (χ3v) is 18.0. The van der Waals surface area contributed by atoms with Crippen LogP contribution in [0, 0.1) is 0 Å². The number of esters is 1. The van der Waals surface area contributed by atoms with Gasteiger partial charge in [-0.3, -0.25) is 9.59 Å². The monoisotopic (exact) mass is 1170 g/mol. The van der Waals surface area contributed by atoms with Crippen LogP contribution in [-0.4, -0.2) is 47.4 Å². The molecule has 83 heavy (non-hydrogen) atoms. The highest BCUT2D eigenvalue weighted by Gasteiger charge is 2.20. The van der Waals surface area contributed by atoms with E-state index >= 15 is 0 Å². The number of aliphatic hydroxyl groups excluding tert-OH is 2. The first-order valence-corrected chi connectivity index (χ1v) is 38.1. The highest BCUT2D eigenvalue weighted by atomic mass is 16.5. The van der Waals surface area contributed by atoms with E-state index in [9.17, 15) is 19.8 Å². The lowest BCUT2D eigenvalue weighted by atomic mass is 10.0. The first-order chi connectivity index (χ1) is 41.0. The van der Waals surface area contributed by atoms with Crippen LogP contribution < -0.4 is 5.32 Å². The van der Waals surface area contributed by atoms with Gasteiger partial charge in [-0.1, -0.05) is 385 Å². The maximum atomic E-state index is 12.6. The minimum atomic E-state index is -0.670. The standard InChI is InChI=1S/C77H149NO5/c1-3-5-7-9-11-13-15-17-19-21-22-23-24-28-31-34-38-41-45-49-53-57-61-65-69-75(80)74(73-79)78-76(81)70-66-62-58-54-50-46-42-39-35-32-29-26-25-27-30-33-36-40-44-48-52-56-60-64-68-72-83-77(82)71-67-63-59-55-51-47-43-37-20-18-16-14-12-10-8-6-4-2/h26-27,29-30,74-75,79-80H,3-25,28,31-73H2,1-2H3,(H,78,81)/b29-26-,30-27-. The Morgan fingerprint density at radius 1 is 0.337 bits per heavy atom. The number of nitrogens with one attached hydrogen (secondary N) is 1. The van der Waals surface area contributed by atoms with Crippen LogP contribution in [0.25, 0.3) is 0 Å². The third kappa shape index (κ3) is 69.3. The Labute approximate surface area is 520 Å². The van der Waals surface area contributed by atoms with Crippen LogP contribution in [0.15, 0.2) is 24.3 Å². The van der Waals surface area contributed by atoms with Crippen LogP contribution >= 0.6 is 0 Å². The largest absolute Gasteiger partial charge is 0.466 e. The van der Waals surface area contributed by atoms with Crippen LogP contribution in [0.5, 0.6) is 0 Å². The molecule has 0 aliphatic carbocycles. The van der Waals surface area contributed by atoms with Crippen molar-refractivity contribution in [2.24, 2.45) is 0 Å². The minimum absolute atomic E-state index is 0.0141. The fraction of sp³-hybridized carbons (Fsp3) is 0.922. The molecule has 0 aromatic rings. The van der Waals surface area contributed by atoms with Gasteiger partial charge >= 0.3 is 5.97 Å². The summed E-state index contributed by atoms with van der Waals surface area (Å²) in [5, 5.41) is 23.5. The van der Waals surface area contributed by atoms with Gasteiger partial charge in [-0.05, 0) is 57.8 Å². The first kappa shape index (κ1) is 81.3. The molecule has 2 atom stereocenters. The molecule has 6 nitrogen and oxygen atoms in total. The lowest BCUT2D eigenvalue weighted by Gasteiger charge is -2.22. The zero-order valence-electron chi connectivity index (χ0n) is 56.5. The molecule has 0 spiro atoms. The van der Waals surface area contributed by atoms with Crippen molar-refractivity contribution in [3.63, 3.8) is 0 Å². The summed E-state index contributed by atoms with van der Waals surface area (Å²) in [6.07, 6.45) is 92.4. The van der Waals surface area contributed by atoms with Gasteiger partial charge in [-0.25, -0.2) is 0 Å². The van der Waals surface area contributed by atoms with Crippen LogP contribution in [0.1, 0.15) is 431 Å². The summed E-state index contributed by atoms with van der Waals surface area (Å²) in [5.74, 6) is -0.0218. The quantitative estimate of drug-likeness (QED) is 0.0320. The molecule has 2 unspecified atom stereocenters.